The first-order valence-electron chi connectivity index (χ1n) is 5.62. The van der Waals surface area contributed by atoms with Crippen molar-refractivity contribution in [3.8, 4) is 0 Å². The molecule has 1 aromatic carbocycles. The number of nitrogens with two attached hydrogens (primary N) is 1. The zero-order valence-electron chi connectivity index (χ0n) is 9.83. The van der Waals surface area contributed by atoms with Crippen LogP contribution in [0.3, 0.4) is 0 Å². The Bertz CT molecular complexity index is 499. The van der Waals surface area contributed by atoms with Gasteiger partial charge in [0.25, 0.3) is 0 Å². The zero-order valence-corrected chi connectivity index (χ0v) is 12.3. The number of benzene rings is 1. The van der Waals surface area contributed by atoms with Crippen LogP contribution in [0.25, 0.3) is 0 Å². The number of primary sulfonamides is 1. The molecule has 1 fully saturated rings. The number of anilines is 1. The maximum absolute atomic E-state index is 11.4. The van der Waals surface area contributed by atoms with Crippen molar-refractivity contribution in [3.63, 3.8) is 0 Å². The minimum Gasteiger partial charge on any atom is -0.383 e. The number of sulfonamides is 1. The van der Waals surface area contributed by atoms with Crippen LogP contribution in [0.2, 0.25) is 0 Å². The van der Waals surface area contributed by atoms with Gasteiger partial charge in [0.15, 0.2) is 0 Å². The summed E-state index contributed by atoms with van der Waals surface area (Å²) in [5.74, 6) is 3.47. The van der Waals surface area contributed by atoms with Crippen LogP contribution in [0.4, 0.5) is 5.69 Å². The molecule has 1 saturated heterocycles. The lowest BCUT2D eigenvalue weighted by atomic mass is 10.3. The summed E-state index contributed by atoms with van der Waals surface area (Å²) in [6.45, 7) is 0.768. The lowest BCUT2D eigenvalue weighted by Gasteiger charge is -2.22. The normalized spacial score (nSPS) is 20.6. The van der Waals surface area contributed by atoms with E-state index >= 15 is 0 Å². The third-order valence-corrected chi connectivity index (χ3v) is 6.41. The third kappa shape index (κ3) is 3.81. The molecule has 2 rings (SSSR count). The average Bonchev–Trinajstić information content (AvgIpc) is 2.37. The van der Waals surface area contributed by atoms with E-state index in [1.165, 1.54) is 11.8 Å². The van der Waals surface area contributed by atoms with Gasteiger partial charge in [0.2, 0.25) is 10.0 Å². The molecule has 4 nitrogen and oxygen atoms in total. The van der Waals surface area contributed by atoms with Gasteiger partial charge in [-0.3, -0.25) is 0 Å². The standard InChI is InChI=1S/C11H16N2O2S3/c12-18(14,15)11-4-2-1-3-10(11)13-7-9-8-16-5-6-17-9/h1-4,9,13H,5-8H2,(H2,12,14,15). The van der Waals surface area contributed by atoms with E-state index in [0.717, 1.165) is 18.1 Å². The highest BCUT2D eigenvalue weighted by Gasteiger charge is 2.16. The molecule has 1 heterocycles. The first-order chi connectivity index (χ1) is 8.57. The predicted octanol–water partition coefficient (Wildman–Crippen LogP) is 1.59. The second-order valence-corrected chi connectivity index (χ2v) is 8.08. The summed E-state index contributed by atoms with van der Waals surface area (Å²) in [5, 5.41) is 8.91. The summed E-state index contributed by atoms with van der Waals surface area (Å²) in [7, 11) is -3.66. The topological polar surface area (TPSA) is 72.2 Å². The highest BCUT2D eigenvalue weighted by Crippen LogP contribution is 2.25. The molecule has 3 N–H and O–H groups in total. The van der Waals surface area contributed by atoms with Crippen molar-refractivity contribution in [1.29, 1.82) is 0 Å². The molecule has 0 saturated carbocycles. The molecule has 100 valence electrons. The van der Waals surface area contributed by atoms with Crippen molar-refractivity contribution in [2.24, 2.45) is 5.14 Å². The van der Waals surface area contributed by atoms with Crippen molar-refractivity contribution >= 4 is 39.2 Å². The molecule has 1 atom stereocenters. The fourth-order valence-corrected chi connectivity index (χ4v) is 5.07. The van der Waals surface area contributed by atoms with Crippen LogP contribution in [0.5, 0.6) is 0 Å². The monoisotopic (exact) mass is 304 g/mol. The average molecular weight is 304 g/mol. The largest absolute Gasteiger partial charge is 0.383 e. The van der Waals surface area contributed by atoms with Crippen LogP contribution in [-0.2, 0) is 10.0 Å². The molecule has 0 spiro atoms. The maximum Gasteiger partial charge on any atom is 0.240 e. The molecule has 0 aliphatic carbocycles. The van der Waals surface area contributed by atoms with Gasteiger partial charge in [-0.25, -0.2) is 13.6 Å². The molecule has 1 unspecified atom stereocenters. The summed E-state index contributed by atoms with van der Waals surface area (Å²) >= 11 is 3.88. The van der Waals surface area contributed by atoms with Gasteiger partial charge in [-0.15, -0.1) is 0 Å². The first kappa shape index (κ1) is 14.0. The minimum absolute atomic E-state index is 0.165. The second-order valence-electron chi connectivity index (χ2n) is 3.99. The van der Waals surface area contributed by atoms with Crippen molar-refractivity contribution in [2.45, 2.75) is 10.1 Å². The fourth-order valence-electron chi connectivity index (χ4n) is 1.74. The lowest BCUT2D eigenvalue weighted by molar-refractivity contribution is 0.598. The highest BCUT2D eigenvalue weighted by atomic mass is 32.2. The van der Waals surface area contributed by atoms with E-state index in [2.05, 4.69) is 5.32 Å². The highest BCUT2D eigenvalue weighted by molar-refractivity contribution is 8.06. The van der Waals surface area contributed by atoms with E-state index in [-0.39, 0.29) is 4.90 Å². The quantitative estimate of drug-likeness (QED) is 0.884. The molecule has 1 aliphatic heterocycles. The molecule has 0 radical (unpaired) electrons. The third-order valence-electron chi connectivity index (χ3n) is 2.60. The Kier molecular flexibility index (Phi) is 4.83. The Balaban J connectivity index is 2.05. The Hall–Kier alpha value is -0.370. The number of nitrogens with one attached hydrogen (secondary N) is 1. The Labute approximate surface area is 116 Å². The van der Waals surface area contributed by atoms with Gasteiger partial charge in [-0.1, -0.05) is 12.1 Å². The molecular formula is C11H16N2O2S3. The van der Waals surface area contributed by atoms with Crippen molar-refractivity contribution in [3.05, 3.63) is 24.3 Å². The van der Waals surface area contributed by atoms with Gasteiger partial charge in [0, 0.05) is 29.1 Å². The van der Waals surface area contributed by atoms with Crippen LogP contribution in [0, 0.1) is 0 Å². The Morgan fingerprint density at radius 3 is 2.78 bits per heavy atom. The van der Waals surface area contributed by atoms with Gasteiger partial charge >= 0.3 is 0 Å². The first-order valence-corrected chi connectivity index (χ1v) is 9.37. The van der Waals surface area contributed by atoms with Crippen molar-refractivity contribution in [2.75, 3.05) is 29.1 Å². The van der Waals surface area contributed by atoms with E-state index in [1.54, 1.807) is 18.2 Å². The summed E-state index contributed by atoms with van der Waals surface area (Å²) in [4.78, 5) is 0.165. The lowest BCUT2D eigenvalue weighted by Crippen LogP contribution is -2.24. The smallest absolute Gasteiger partial charge is 0.240 e. The van der Waals surface area contributed by atoms with Crippen LogP contribution in [0.15, 0.2) is 29.2 Å². The van der Waals surface area contributed by atoms with Crippen LogP contribution >= 0.6 is 23.5 Å². The molecule has 18 heavy (non-hydrogen) atoms. The van der Waals surface area contributed by atoms with Gasteiger partial charge in [0.1, 0.15) is 4.90 Å². The van der Waals surface area contributed by atoms with Crippen molar-refractivity contribution in [1.82, 2.24) is 0 Å². The molecular weight excluding hydrogens is 288 g/mol. The fraction of sp³-hybridized carbons (Fsp3) is 0.455. The van der Waals surface area contributed by atoms with Gasteiger partial charge < -0.3 is 5.32 Å². The van der Waals surface area contributed by atoms with Gasteiger partial charge in [0.05, 0.1) is 5.69 Å². The molecule has 0 aromatic heterocycles. The van der Waals surface area contributed by atoms with E-state index in [1.807, 2.05) is 23.5 Å². The predicted molar refractivity (Wildman–Crippen MR) is 79.9 cm³/mol. The van der Waals surface area contributed by atoms with E-state index < -0.39 is 10.0 Å². The summed E-state index contributed by atoms with van der Waals surface area (Å²) in [6, 6.07) is 6.76. The maximum atomic E-state index is 11.4. The van der Waals surface area contributed by atoms with Crippen LogP contribution in [-0.4, -0.2) is 37.5 Å². The van der Waals surface area contributed by atoms with E-state index in [0.29, 0.717) is 10.9 Å². The second kappa shape index (κ2) is 6.18. The van der Waals surface area contributed by atoms with E-state index in [4.69, 9.17) is 5.14 Å². The SMILES string of the molecule is NS(=O)(=O)c1ccccc1NCC1CSCCS1. The summed E-state index contributed by atoms with van der Waals surface area (Å²) in [5.41, 5.74) is 0.594. The minimum atomic E-state index is -3.66. The zero-order chi connectivity index (χ0) is 13.0. The number of hydrogen-bond donors (Lipinski definition) is 2. The molecule has 1 aliphatic rings. The molecule has 0 amide bonds. The number of rotatable bonds is 4. The van der Waals surface area contributed by atoms with E-state index in [9.17, 15) is 8.42 Å². The van der Waals surface area contributed by atoms with Crippen LogP contribution in [0.1, 0.15) is 0 Å². The number of para-hydroxylation sites is 1. The van der Waals surface area contributed by atoms with Gasteiger partial charge in [-0.2, -0.15) is 23.5 Å². The Morgan fingerprint density at radius 1 is 1.33 bits per heavy atom. The Morgan fingerprint density at radius 2 is 2.11 bits per heavy atom. The summed E-state index contributed by atoms with van der Waals surface area (Å²) in [6.07, 6.45) is 0. The molecule has 7 heteroatoms. The number of hydrogen-bond acceptors (Lipinski definition) is 5. The molecule has 1 aromatic rings. The van der Waals surface area contributed by atoms with Gasteiger partial charge in [-0.05, 0) is 12.1 Å². The molecule has 0 bridgehead atoms. The van der Waals surface area contributed by atoms with Crippen molar-refractivity contribution < 1.29 is 8.42 Å². The number of thioether (sulfide) groups is 2. The van der Waals surface area contributed by atoms with Crippen LogP contribution < -0.4 is 10.5 Å². The summed E-state index contributed by atoms with van der Waals surface area (Å²) < 4.78 is 22.9.